The lowest BCUT2D eigenvalue weighted by Crippen LogP contribution is -2.39. The van der Waals surface area contributed by atoms with E-state index in [2.05, 4.69) is 31.2 Å². The molecule has 3 amide bonds. The number of anilines is 1. The molecular formula is C14H18N6O5. The van der Waals surface area contributed by atoms with Crippen molar-refractivity contribution in [2.75, 3.05) is 11.9 Å². The lowest BCUT2D eigenvalue weighted by Gasteiger charge is -2.07. The monoisotopic (exact) mass is 350 g/mol. The molecule has 0 unspecified atom stereocenters. The third kappa shape index (κ3) is 5.71. The van der Waals surface area contributed by atoms with E-state index in [4.69, 9.17) is 9.05 Å². The van der Waals surface area contributed by atoms with Gasteiger partial charge in [-0.2, -0.15) is 4.98 Å². The lowest BCUT2D eigenvalue weighted by atomic mass is 10.3. The molecule has 0 aromatic carbocycles. The van der Waals surface area contributed by atoms with Crippen LogP contribution in [0, 0.1) is 6.92 Å². The van der Waals surface area contributed by atoms with Crippen molar-refractivity contribution in [2.45, 2.75) is 33.2 Å². The Hall–Kier alpha value is -3.24. The van der Waals surface area contributed by atoms with Gasteiger partial charge in [0.25, 0.3) is 0 Å². The van der Waals surface area contributed by atoms with Gasteiger partial charge in [0.2, 0.25) is 11.8 Å². The molecule has 2 rings (SSSR count). The predicted octanol–water partition coefficient (Wildman–Crippen LogP) is -0.198. The molecule has 0 spiro atoms. The van der Waals surface area contributed by atoms with Gasteiger partial charge in [-0.1, -0.05) is 10.3 Å². The van der Waals surface area contributed by atoms with Crippen molar-refractivity contribution in [2.24, 2.45) is 0 Å². The van der Waals surface area contributed by atoms with E-state index in [9.17, 15) is 14.4 Å². The number of nitrogens with zero attached hydrogens (tertiary/aromatic N) is 3. The van der Waals surface area contributed by atoms with Crippen LogP contribution in [0.4, 0.5) is 5.82 Å². The summed E-state index contributed by atoms with van der Waals surface area (Å²) in [5, 5.41) is 14.6. The van der Waals surface area contributed by atoms with Gasteiger partial charge >= 0.3 is 11.8 Å². The number of carbonyl (C=O) groups excluding carboxylic acids is 3. The molecule has 3 N–H and O–H groups in total. The first-order chi connectivity index (χ1) is 11.8. The van der Waals surface area contributed by atoms with Gasteiger partial charge in [-0.3, -0.25) is 14.4 Å². The second-order valence-corrected chi connectivity index (χ2v) is 5.47. The first-order valence-electron chi connectivity index (χ1n) is 7.47. The minimum atomic E-state index is -0.704. The normalized spacial score (nSPS) is 10.6. The Kier molecular flexibility index (Phi) is 5.82. The van der Waals surface area contributed by atoms with Crippen molar-refractivity contribution in [3.63, 3.8) is 0 Å². The minimum absolute atomic E-state index is 0.0227. The van der Waals surface area contributed by atoms with Crippen LogP contribution in [-0.4, -0.2) is 45.6 Å². The molecule has 0 saturated carbocycles. The van der Waals surface area contributed by atoms with E-state index < -0.39 is 11.8 Å². The summed E-state index contributed by atoms with van der Waals surface area (Å²) >= 11 is 0. The molecule has 0 atom stereocenters. The molecule has 0 aliphatic carbocycles. The summed E-state index contributed by atoms with van der Waals surface area (Å²) < 4.78 is 9.60. The average molecular weight is 350 g/mol. The van der Waals surface area contributed by atoms with Crippen LogP contribution in [0.25, 0.3) is 0 Å². The van der Waals surface area contributed by atoms with E-state index in [1.165, 1.54) is 0 Å². The number of carbonyl (C=O) groups is 3. The number of rotatable bonds is 7. The smallest absolute Gasteiger partial charge is 0.315 e. The van der Waals surface area contributed by atoms with Crippen LogP contribution < -0.4 is 16.0 Å². The summed E-state index contributed by atoms with van der Waals surface area (Å²) in [5.41, 5.74) is 0. The van der Waals surface area contributed by atoms with Crippen LogP contribution in [-0.2, 0) is 16.0 Å². The highest BCUT2D eigenvalue weighted by atomic mass is 16.5. The third-order valence-electron chi connectivity index (χ3n) is 2.74. The van der Waals surface area contributed by atoms with Gasteiger partial charge in [0, 0.05) is 12.1 Å². The number of amides is 3. The number of hydrogen-bond donors (Lipinski definition) is 3. The number of aryl methyl sites for hydroxylation is 1. The van der Waals surface area contributed by atoms with E-state index in [1.54, 1.807) is 26.8 Å². The average Bonchev–Trinajstić information content (AvgIpc) is 3.13. The van der Waals surface area contributed by atoms with Crippen molar-refractivity contribution in [3.05, 3.63) is 23.5 Å². The van der Waals surface area contributed by atoms with Crippen molar-refractivity contribution in [1.82, 2.24) is 25.9 Å². The Morgan fingerprint density at radius 2 is 1.92 bits per heavy atom. The fourth-order valence-corrected chi connectivity index (χ4v) is 1.78. The van der Waals surface area contributed by atoms with Gasteiger partial charge in [0.1, 0.15) is 5.76 Å². The van der Waals surface area contributed by atoms with E-state index in [0.717, 1.165) is 0 Å². The van der Waals surface area contributed by atoms with Gasteiger partial charge in [-0.15, -0.1) is 0 Å². The maximum Gasteiger partial charge on any atom is 0.315 e. The Morgan fingerprint density at radius 1 is 1.16 bits per heavy atom. The maximum absolute atomic E-state index is 11.8. The Balaban J connectivity index is 1.83. The molecule has 0 bridgehead atoms. The summed E-state index contributed by atoms with van der Waals surface area (Å²) in [6.07, 6.45) is -0.212. The van der Waals surface area contributed by atoms with Crippen molar-refractivity contribution < 1.29 is 23.4 Å². The van der Waals surface area contributed by atoms with Crippen LogP contribution in [0.5, 0.6) is 0 Å². The van der Waals surface area contributed by atoms with Gasteiger partial charge in [-0.05, 0) is 20.8 Å². The maximum atomic E-state index is 11.8. The zero-order chi connectivity index (χ0) is 18.4. The van der Waals surface area contributed by atoms with Gasteiger partial charge in [0.05, 0.1) is 13.0 Å². The number of aromatic nitrogens is 3. The quantitative estimate of drug-likeness (QED) is 0.621. The molecule has 2 aromatic rings. The predicted molar refractivity (Wildman–Crippen MR) is 83.5 cm³/mol. The highest BCUT2D eigenvalue weighted by molar-refractivity contribution is 5.93. The van der Waals surface area contributed by atoms with Crippen molar-refractivity contribution >= 4 is 23.5 Å². The van der Waals surface area contributed by atoms with E-state index >= 15 is 0 Å². The fourth-order valence-electron chi connectivity index (χ4n) is 1.78. The number of hydrogen-bond acceptors (Lipinski definition) is 8. The molecule has 0 saturated heterocycles. The summed E-state index contributed by atoms with van der Waals surface area (Å²) in [6.45, 7) is 5.07. The number of nitrogens with one attached hydrogen (secondary N) is 3. The van der Waals surface area contributed by atoms with Crippen LogP contribution >= 0.6 is 0 Å². The van der Waals surface area contributed by atoms with Crippen LogP contribution in [0.2, 0.25) is 0 Å². The molecule has 0 aliphatic rings. The molecule has 25 heavy (non-hydrogen) atoms. The van der Waals surface area contributed by atoms with Crippen molar-refractivity contribution in [3.8, 4) is 0 Å². The third-order valence-corrected chi connectivity index (χ3v) is 2.74. The zero-order valence-electron chi connectivity index (χ0n) is 14.0. The lowest BCUT2D eigenvalue weighted by molar-refractivity contribution is -0.120. The molecule has 0 radical (unpaired) electrons. The largest absolute Gasteiger partial charge is 0.360 e. The van der Waals surface area contributed by atoms with Gasteiger partial charge in [-0.25, -0.2) is 0 Å². The standard InChI is InChI=1S/C14H18N6O5/c1-7(2)16-12(22)6-15-13(23)14-18-10(20-25-14)5-11(21)17-9-4-8(3)24-19-9/h4,7H,5-6H2,1-3H3,(H,15,23)(H,16,22)(H,17,19,21). The van der Waals surface area contributed by atoms with E-state index in [-0.39, 0.29) is 42.4 Å². The summed E-state index contributed by atoms with van der Waals surface area (Å²) in [6, 6.07) is 1.52. The highest BCUT2D eigenvalue weighted by Gasteiger charge is 2.18. The summed E-state index contributed by atoms with van der Waals surface area (Å²) in [4.78, 5) is 38.9. The van der Waals surface area contributed by atoms with Crippen LogP contribution in [0.1, 0.15) is 36.1 Å². The fraction of sp³-hybridized carbons (Fsp3) is 0.429. The minimum Gasteiger partial charge on any atom is -0.360 e. The van der Waals surface area contributed by atoms with Crippen LogP contribution in [0.15, 0.2) is 15.1 Å². The molecule has 11 nitrogen and oxygen atoms in total. The molecule has 0 fully saturated rings. The molecule has 0 aliphatic heterocycles. The molecule has 2 heterocycles. The van der Waals surface area contributed by atoms with Crippen LogP contribution in [0.3, 0.4) is 0 Å². The second-order valence-electron chi connectivity index (χ2n) is 5.47. The molecular weight excluding hydrogens is 332 g/mol. The zero-order valence-corrected chi connectivity index (χ0v) is 14.0. The summed E-state index contributed by atoms with van der Waals surface area (Å²) in [5.74, 6) is -0.990. The molecule has 2 aromatic heterocycles. The molecule has 134 valence electrons. The SMILES string of the molecule is Cc1cc(NC(=O)Cc2noc(C(=O)NCC(=O)NC(C)C)n2)no1. The Morgan fingerprint density at radius 3 is 2.56 bits per heavy atom. The first-order valence-corrected chi connectivity index (χ1v) is 7.47. The van der Waals surface area contributed by atoms with Crippen molar-refractivity contribution in [1.29, 1.82) is 0 Å². The summed E-state index contributed by atoms with van der Waals surface area (Å²) in [7, 11) is 0. The second kappa shape index (κ2) is 8.04. The van der Waals surface area contributed by atoms with Gasteiger partial charge < -0.3 is 25.0 Å². The Bertz CT molecular complexity index is 765. The highest BCUT2D eigenvalue weighted by Crippen LogP contribution is 2.07. The topological polar surface area (TPSA) is 152 Å². The van der Waals surface area contributed by atoms with E-state index in [0.29, 0.717) is 5.76 Å². The first kappa shape index (κ1) is 18.1. The molecule has 11 heteroatoms. The van der Waals surface area contributed by atoms with Gasteiger partial charge in [0.15, 0.2) is 11.6 Å². The Labute approximate surface area is 142 Å². The van der Waals surface area contributed by atoms with E-state index in [1.807, 2.05) is 0 Å².